The topological polar surface area (TPSA) is 46.6 Å². The van der Waals surface area contributed by atoms with Crippen LogP contribution < -0.4 is 0 Å². The average molecular weight is 357 g/mol. The Morgan fingerprint density at radius 1 is 1.23 bits per heavy atom. The van der Waals surface area contributed by atoms with Gasteiger partial charge in [-0.2, -0.15) is 0 Å². The molecule has 0 amide bonds. The maximum Gasteiger partial charge on any atom is 0.309 e. The van der Waals surface area contributed by atoms with Gasteiger partial charge in [-0.1, -0.05) is 37.8 Å². The van der Waals surface area contributed by atoms with Gasteiger partial charge in [-0.3, -0.25) is 9.59 Å². The van der Waals surface area contributed by atoms with Crippen molar-refractivity contribution in [1.82, 2.24) is 4.90 Å². The lowest BCUT2D eigenvalue weighted by Crippen LogP contribution is -2.48. The maximum absolute atomic E-state index is 13.6. The number of ketones is 1. The number of hydrogen-bond donors (Lipinski definition) is 0. The number of allylic oxidation sites excluding steroid dienone is 4. The average Bonchev–Trinajstić information content (AvgIpc) is 2.69. The molecule has 4 nitrogen and oxygen atoms in total. The van der Waals surface area contributed by atoms with Crippen molar-refractivity contribution < 1.29 is 14.3 Å². The molecule has 3 aliphatic rings. The van der Waals surface area contributed by atoms with E-state index in [1.54, 1.807) is 0 Å². The Morgan fingerprint density at radius 3 is 2.58 bits per heavy atom. The van der Waals surface area contributed by atoms with Gasteiger partial charge >= 0.3 is 5.97 Å². The molecule has 0 aromatic carbocycles. The standard InChI is InChI=1S/C22H31NO3/c1-14-12-15(2)18(16(3)13-14)19-20(25)22(5)10-8-6-7-9-11-23(22)21(19)26-17(4)24/h12,16H,6-11,13H2,1-5H3/t16?,22-/m1/s1. The number of carbonyl (C=O) groups is 2. The Hall–Kier alpha value is -1.84. The van der Waals surface area contributed by atoms with Gasteiger partial charge < -0.3 is 9.64 Å². The third-order valence-electron chi connectivity index (χ3n) is 6.08. The minimum atomic E-state index is -0.594. The summed E-state index contributed by atoms with van der Waals surface area (Å²) in [6.07, 6.45) is 8.29. The van der Waals surface area contributed by atoms with Gasteiger partial charge in [0.25, 0.3) is 0 Å². The molecule has 4 heteroatoms. The summed E-state index contributed by atoms with van der Waals surface area (Å²) < 4.78 is 5.69. The van der Waals surface area contributed by atoms with Crippen LogP contribution in [0.15, 0.2) is 34.3 Å². The summed E-state index contributed by atoms with van der Waals surface area (Å²) in [6.45, 7) is 10.6. The first-order valence-corrected chi connectivity index (χ1v) is 9.89. The van der Waals surface area contributed by atoms with Gasteiger partial charge in [-0.25, -0.2) is 0 Å². The van der Waals surface area contributed by atoms with Crippen molar-refractivity contribution in [1.29, 1.82) is 0 Å². The van der Waals surface area contributed by atoms with Crippen LogP contribution in [0.4, 0.5) is 0 Å². The molecule has 0 radical (unpaired) electrons. The van der Waals surface area contributed by atoms with E-state index in [0.29, 0.717) is 11.5 Å². The first kappa shape index (κ1) is 18.9. The van der Waals surface area contributed by atoms with E-state index < -0.39 is 5.54 Å². The van der Waals surface area contributed by atoms with E-state index in [0.717, 1.165) is 56.2 Å². The van der Waals surface area contributed by atoms with Crippen LogP contribution in [-0.4, -0.2) is 28.7 Å². The lowest BCUT2D eigenvalue weighted by molar-refractivity contribution is -0.141. The van der Waals surface area contributed by atoms with Gasteiger partial charge in [0.05, 0.1) is 5.57 Å². The lowest BCUT2D eigenvalue weighted by atomic mass is 9.77. The van der Waals surface area contributed by atoms with Crippen molar-refractivity contribution in [3.63, 3.8) is 0 Å². The van der Waals surface area contributed by atoms with Crippen molar-refractivity contribution in [2.24, 2.45) is 5.92 Å². The van der Waals surface area contributed by atoms with E-state index in [9.17, 15) is 9.59 Å². The van der Waals surface area contributed by atoms with E-state index in [1.165, 1.54) is 12.5 Å². The van der Waals surface area contributed by atoms with Crippen molar-refractivity contribution >= 4 is 11.8 Å². The molecule has 0 aromatic heterocycles. The molecule has 142 valence electrons. The number of hydrogen-bond acceptors (Lipinski definition) is 4. The van der Waals surface area contributed by atoms with Crippen molar-refractivity contribution in [2.45, 2.75) is 78.7 Å². The molecular formula is C22H31NO3. The monoisotopic (exact) mass is 357 g/mol. The maximum atomic E-state index is 13.6. The molecule has 3 rings (SSSR count). The quantitative estimate of drug-likeness (QED) is 0.674. The molecule has 1 saturated heterocycles. The smallest absolute Gasteiger partial charge is 0.309 e. The number of fused-ring (bicyclic) bond motifs is 1. The number of Topliss-reactive ketones (excluding diaryl/α,β-unsaturated/α-hetero) is 1. The zero-order chi connectivity index (χ0) is 19.1. The molecule has 26 heavy (non-hydrogen) atoms. The van der Waals surface area contributed by atoms with Gasteiger partial charge in [0.1, 0.15) is 5.54 Å². The second kappa shape index (κ2) is 7.05. The molecule has 0 bridgehead atoms. The van der Waals surface area contributed by atoms with Crippen LogP contribution in [0.2, 0.25) is 0 Å². The summed E-state index contributed by atoms with van der Waals surface area (Å²) in [5.41, 5.74) is 3.57. The van der Waals surface area contributed by atoms with Crippen molar-refractivity contribution in [3.05, 3.63) is 34.3 Å². The van der Waals surface area contributed by atoms with Crippen LogP contribution in [0.5, 0.6) is 0 Å². The number of ether oxygens (including phenoxy) is 1. The van der Waals surface area contributed by atoms with Crippen molar-refractivity contribution in [3.8, 4) is 0 Å². The van der Waals surface area contributed by atoms with Crippen LogP contribution in [0.1, 0.15) is 73.1 Å². The lowest BCUT2D eigenvalue weighted by Gasteiger charge is -2.38. The molecule has 2 aliphatic heterocycles. The highest BCUT2D eigenvalue weighted by Gasteiger charge is 2.52. The van der Waals surface area contributed by atoms with E-state index in [4.69, 9.17) is 4.74 Å². The summed E-state index contributed by atoms with van der Waals surface area (Å²) >= 11 is 0. The van der Waals surface area contributed by atoms with E-state index in [1.807, 2.05) is 6.92 Å². The van der Waals surface area contributed by atoms with Crippen LogP contribution in [0, 0.1) is 5.92 Å². The molecule has 0 saturated carbocycles. The molecule has 0 aromatic rings. The third kappa shape index (κ3) is 3.15. The Labute approximate surface area is 157 Å². The van der Waals surface area contributed by atoms with Gasteiger partial charge in [0.2, 0.25) is 5.88 Å². The van der Waals surface area contributed by atoms with Gasteiger partial charge in [0.15, 0.2) is 5.78 Å². The van der Waals surface area contributed by atoms with Gasteiger partial charge in [-0.15, -0.1) is 0 Å². The van der Waals surface area contributed by atoms with E-state index >= 15 is 0 Å². The normalized spacial score (nSPS) is 30.0. The summed E-state index contributed by atoms with van der Waals surface area (Å²) in [4.78, 5) is 27.6. The van der Waals surface area contributed by atoms with Crippen LogP contribution >= 0.6 is 0 Å². The number of rotatable bonds is 2. The minimum absolute atomic E-state index is 0.129. The second-order valence-corrected chi connectivity index (χ2v) is 8.39. The minimum Gasteiger partial charge on any atom is -0.409 e. The predicted octanol–water partition coefficient (Wildman–Crippen LogP) is 4.67. The number of carbonyl (C=O) groups excluding carboxylic acids is 2. The molecule has 1 aliphatic carbocycles. The summed E-state index contributed by atoms with van der Waals surface area (Å²) in [5, 5.41) is 0. The second-order valence-electron chi connectivity index (χ2n) is 8.39. The molecule has 0 N–H and O–H groups in total. The number of esters is 1. The number of nitrogens with zero attached hydrogens (tertiary/aromatic N) is 1. The van der Waals surface area contributed by atoms with Crippen LogP contribution in [-0.2, 0) is 14.3 Å². The molecule has 2 heterocycles. The Bertz CT molecular complexity index is 728. The molecule has 1 fully saturated rings. The highest BCUT2D eigenvalue weighted by Crippen LogP contribution is 2.46. The Morgan fingerprint density at radius 2 is 1.92 bits per heavy atom. The predicted molar refractivity (Wildman–Crippen MR) is 102 cm³/mol. The van der Waals surface area contributed by atoms with Crippen molar-refractivity contribution in [2.75, 3.05) is 6.54 Å². The zero-order valence-corrected chi connectivity index (χ0v) is 16.8. The third-order valence-corrected chi connectivity index (χ3v) is 6.08. The van der Waals surface area contributed by atoms with Gasteiger partial charge in [0, 0.05) is 13.5 Å². The first-order valence-electron chi connectivity index (χ1n) is 9.89. The molecule has 1 unspecified atom stereocenters. The Kier molecular flexibility index (Phi) is 5.14. The zero-order valence-electron chi connectivity index (χ0n) is 16.8. The summed E-state index contributed by atoms with van der Waals surface area (Å²) in [7, 11) is 0. The molecule has 0 spiro atoms. The fraction of sp³-hybridized carbons (Fsp3) is 0.636. The van der Waals surface area contributed by atoms with Crippen LogP contribution in [0.25, 0.3) is 0 Å². The summed E-state index contributed by atoms with van der Waals surface area (Å²) in [5.74, 6) is 0.523. The fourth-order valence-electron chi connectivity index (χ4n) is 4.94. The molecular weight excluding hydrogens is 326 g/mol. The van der Waals surface area contributed by atoms with Gasteiger partial charge in [-0.05, 0) is 57.1 Å². The SMILES string of the molecule is CC(=O)OC1=C(C2=C(C)C=C(C)CC2C)C(=O)[C@@]2(C)CCCCCCN12. The highest BCUT2D eigenvalue weighted by atomic mass is 16.6. The highest BCUT2D eigenvalue weighted by molar-refractivity contribution is 6.09. The van der Waals surface area contributed by atoms with Crippen LogP contribution in [0.3, 0.4) is 0 Å². The largest absolute Gasteiger partial charge is 0.409 e. The summed E-state index contributed by atoms with van der Waals surface area (Å²) in [6, 6.07) is 0. The van der Waals surface area contributed by atoms with E-state index in [-0.39, 0.29) is 17.7 Å². The first-order chi connectivity index (χ1) is 12.3. The van der Waals surface area contributed by atoms with E-state index in [2.05, 4.69) is 31.7 Å². The fourth-order valence-corrected chi connectivity index (χ4v) is 4.94. The molecule has 2 atom stereocenters. The Balaban J connectivity index is 2.17.